The Morgan fingerprint density at radius 2 is 2.14 bits per heavy atom. The highest BCUT2D eigenvalue weighted by Crippen LogP contribution is 2.18. The fourth-order valence-corrected chi connectivity index (χ4v) is 3.31. The minimum atomic E-state index is -0.694. The number of aliphatic hydroxyl groups is 1. The van der Waals surface area contributed by atoms with E-state index in [1.807, 2.05) is 26.8 Å². The molecule has 2 amide bonds. The summed E-state index contributed by atoms with van der Waals surface area (Å²) in [5, 5.41) is 10.1. The second-order valence-electron chi connectivity index (χ2n) is 5.94. The van der Waals surface area contributed by atoms with Crippen molar-refractivity contribution in [2.24, 2.45) is 5.92 Å². The number of β-amino-alcohol motifs (C(OH)–C–C–N with tert-alkyl or cyclic N) is 1. The Hall–Kier alpha value is -1.40. The predicted octanol–water partition coefficient (Wildman–Crippen LogP) is 1.36. The van der Waals surface area contributed by atoms with Gasteiger partial charge in [-0.25, -0.2) is 0 Å². The van der Waals surface area contributed by atoms with Crippen molar-refractivity contribution in [2.75, 3.05) is 26.2 Å². The van der Waals surface area contributed by atoms with Crippen LogP contribution in [0.1, 0.15) is 28.4 Å². The third-order valence-electron chi connectivity index (χ3n) is 3.36. The lowest BCUT2D eigenvalue weighted by Crippen LogP contribution is -2.40. The van der Waals surface area contributed by atoms with Crippen LogP contribution in [0.5, 0.6) is 0 Å². The van der Waals surface area contributed by atoms with Crippen LogP contribution in [0.25, 0.3) is 0 Å². The minimum absolute atomic E-state index is 0.0412. The van der Waals surface area contributed by atoms with E-state index in [-0.39, 0.29) is 24.9 Å². The van der Waals surface area contributed by atoms with E-state index >= 15 is 0 Å². The molecule has 1 aliphatic rings. The molecule has 1 N–H and O–H groups in total. The lowest BCUT2D eigenvalue weighted by atomic mass is 10.2. The summed E-state index contributed by atoms with van der Waals surface area (Å²) in [7, 11) is 0. The van der Waals surface area contributed by atoms with Crippen LogP contribution in [-0.4, -0.2) is 59.0 Å². The van der Waals surface area contributed by atoms with Crippen molar-refractivity contribution >= 4 is 23.2 Å². The molecule has 1 saturated heterocycles. The first-order chi connectivity index (χ1) is 9.86. The first-order valence-electron chi connectivity index (χ1n) is 7.18. The highest BCUT2D eigenvalue weighted by Gasteiger charge is 2.30. The zero-order valence-corrected chi connectivity index (χ0v) is 13.5. The first-order valence-corrected chi connectivity index (χ1v) is 8.00. The average molecular weight is 310 g/mol. The third-order valence-corrected chi connectivity index (χ3v) is 4.35. The van der Waals surface area contributed by atoms with Gasteiger partial charge in [-0.3, -0.25) is 9.59 Å². The van der Waals surface area contributed by atoms with Crippen LogP contribution < -0.4 is 0 Å². The monoisotopic (exact) mass is 310 g/mol. The van der Waals surface area contributed by atoms with Gasteiger partial charge >= 0.3 is 0 Å². The highest BCUT2D eigenvalue weighted by molar-refractivity contribution is 7.13. The molecule has 0 spiro atoms. The van der Waals surface area contributed by atoms with E-state index in [4.69, 9.17) is 0 Å². The van der Waals surface area contributed by atoms with E-state index in [1.165, 1.54) is 16.2 Å². The van der Waals surface area contributed by atoms with E-state index in [0.29, 0.717) is 23.9 Å². The van der Waals surface area contributed by atoms with E-state index in [2.05, 4.69) is 0 Å². The molecule has 0 aliphatic carbocycles. The molecule has 1 unspecified atom stereocenters. The average Bonchev–Trinajstić information content (AvgIpc) is 2.76. The van der Waals surface area contributed by atoms with Gasteiger partial charge in [0.05, 0.1) is 11.0 Å². The van der Waals surface area contributed by atoms with Gasteiger partial charge in [-0.05, 0) is 25.0 Å². The molecule has 0 radical (unpaired) electrons. The van der Waals surface area contributed by atoms with Gasteiger partial charge in [0.25, 0.3) is 5.91 Å². The van der Waals surface area contributed by atoms with Crippen molar-refractivity contribution in [3.05, 3.63) is 21.9 Å². The number of carbonyl (C=O) groups excluding carboxylic acids is 2. The van der Waals surface area contributed by atoms with Crippen LogP contribution in [0.2, 0.25) is 0 Å². The fraction of sp³-hybridized carbons (Fsp3) is 0.600. The molecule has 0 aromatic carbocycles. The van der Waals surface area contributed by atoms with Crippen LogP contribution in [-0.2, 0) is 4.79 Å². The van der Waals surface area contributed by atoms with Crippen molar-refractivity contribution < 1.29 is 14.7 Å². The highest BCUT2D eigenvalue weighted by atomic mass is 32.1. The van der Waals surface area contributed by atoms with Gasteiger partial charge < -0.3 is 14.9 Å². The van der Waals surface area contributed by atoms with Crippen molar-refractivity contribution in [3.63, 3.8) is 0 Å². The van der Waals surface area contributed by atoms with Crippen LogP contribution in [0, 0.1) is 12.8 Å². The standard InChI is InChI=1S/C15H22N2O3S/c1-10(2)6-16-7-12(18)8-17(9-14(16)19)15(20)13-5-4-11(3)21-13/h4-5,10,12,18H,6-9H2,1-3H3. The van der Waals surface area contributed by atoms with Crippen LogP contribution in [0.15, 0.2) is 12.1 Å². The molecular formula is C15H22N2O3S. The predicted molar refractivity (Wildman–Crippen MR) is 82.4 cm³/mol. The van der Waals surface area contributed by atoms with E-state index in [1.54, 1.807) is 11.0 Å². The molecule has 1 aromatic rings. The Morgan fingerprint density at radius 1 is 1.43 bits per heavy atom. The van der Waals surface area contributed by atoms with Gasteiger partial charge in [-0.2, -0.15) is 0 Å². The number of hydrogen-bond acceptors (Lipinski definition) is 4. The molecule has 1 aromatic heterocycles. The molecule has 2 rings (SSSR count). The van der Waals surface area contributed by atoms with Crippen molar-refractivity contribution in [1.29, 1.82) is 0 Å². The van der Waals surface area contributed by atoms with Gasteiger partial charge in [-0.1, -0.05) is 13.8 Å². The maximum absolute atomic E-state index is 12.4. The maximum Gasteiger partial charge on any atom is 0.264 e. The van der Waals surface area contributed by atoms with Crippen LogP contribution in [0.3, 0.4) is 0 Å². The molecule has 0 saturated carbocycles. The number of hydrogen-bond donors (Lipinski definition) is 1. The molecular weight excluding hydrogens is 288 g/mol. The topological polar surface area (TPSA) is 60.9 Å². The van der Waals surface area contributed by atoms with Gasteiger partial charge in [0.2, 0.25) is 5.91 Å². The summed E-state index contributed by atoms with van der Waals surface area (Å²) < 4.78 is 0. The number of aryl methyl sites for hydroxylation is 1. The summed E-state index contributed by atoms with van der Waals surface area (Å²) in [6.07, 6.45) is -0.694. The Bertz CT molecular complexity index is 527. The minimum Gasteiger partial charge on any atom is -0.389 e. The van der Waals surface area contributed by atoms with Gasteiger partial charge in [-0.15, -0.1) is 11.3 Å². The Kier molecular flexibility index (Phi) is 5.00. The summed E-state index contributed by atoms with van der Waals surface area (Å²) in [6.45, 7) is 7.15. The molecule has 21 heavy (non-hydrogen) atoms. The zero-order chi connectivity index (χ0) is 15.6. The molecule has 6 heteroatoms. The number of thiophene rings is 1. The molecule has 0 bridgehead atoms. The summed E-state index contributed by atoms with van der Waals surface area (Å²) in [4.78, 5) is 29.5. The summed E-state index contributed by atoms with van der Waals surface area (Å²) in [6, 6.07) is 3.66. The van der Waals surface area contributed by atoms with E-state index in [9.17, 15) is 14.7 Å². The van der Waals surface area contributed by atoms with Crippen LogP contribution in [0.4, 0.5) is 0 Å². The van der Waals surface area contributed by atoms with E-state index < -0.39 is 6.10 Å². The Balaban J connectivity index is 2.11. The molecule has 2 heterocycles. The van der Waals surface area contributed by atoms with Crippen molar-refractivity contribution in [2.45, 2.75) is 26.9 Å². The SMILES string of the molecule is Cc1ccc(C(=O)N2CC(=O)N(CC(C)C)CC(O)C2)s1. The number of nitrogens with zero attached hydrogens (tertiary/aromatic N) is 2. The number of carbonyl (C=O) groups is 2. The molecule has 1 fully saturated rings. The van der Waals surface area contributed by atoms with Crippen molar-refractivity contribution in [1.82, 2.24) is 9.80 Å². The van der Waals surface area contributed by atoms with Gasteiger partial charge in [0.1, 0.15) is 6.54 Å². The Morgan fingerprint density at radius 3 is 2.71 bits per heavy atom. The quantitative estimate of drug-likeness (QED) is 0.917. The van der Waals surface area contributed by atoms with Crippen LogP contribution >= 0.6 is 11.3 Å². The lowest BCUT2D eigenvalue weighted by Gasteiger charge is -2.23. The molecule has 1 aliphatic heterocycles. The first kappa shape index (κ1) is 16.0. The second kappa shape index (κ2) is 6.58. The lowest BCUT2D eigenvalue weighted by molar-refractivity contribution is -0.131. The summed E-state index contributed by atoms with van der Waals surface area (Å²) in [5.41, 5.74) is 0. The molecule has 116 valence electrons. The maximum atomic E-state index is 12.4. The van der Waals surface area contributed by atoms with E-state index in [0.717, 1.165) is 4.88 Å². The molecule has 5 nitrogen and oxygen atoms in total. The Labute approximate surface area is 129 Å². The summed E-state index contributed by atoms with van der Waals surface area (Å²) in [5.74, 6) is 0.0668. The number of amides is 2. The van der Waals surface area contributed by atoms with Crippen molar-refractivity contribution in [3.8, 4) is 0 Å². The largest absolute Gasteiger partial charge is 0.389 e. The van der Waals surface area contributed by atoms with Gasteiger partial charge in [0.15, 0.2) is 0 Å². The normalized spacial score (nSPS) is 20.0. The smallest absolute Gasteiger partial charge is 0.264 e. The summed E-state index contributed by atoms with van der Waals surface area (Å²) >= 11 is 1.41. The third kappa shape index (κ3) is 4.04. The zero-order valence-electron chi connectivity index (χ0n) is 12.7. The number of rotatable bonds is 3. The second-order valence-corrected chi connectivity index (χ2v) is 7.23. The molecule has 1 atom stereocenters. The number of aliphatic hydroxyl groups excluding tert-OH is 1. The fourth-order valence-electron chi connectivity index (χ4n) is 2.47. The van der Waals surface area contributed by atoms with Gasteiger partial charge in [0, 0.05) is 24.5 Å².